The van der Waals surface area contributed by atoms with Gasteiger partial charge in [-0.25, -0.2) is 0 Å². The highest BCUT2D eigenvalue weighted by Gasteiger charge is 2.20. The predicted octanol–water partition coefficient (Wildman–Crippen LogP) is 5.23. The summed E-state index contributed by atoms with van der Waals surface area (Å²) < 4.78 is 1.41. The fourth-order valence-corrected chi connectivity index (χ4v) is 4.37. The van der Waals surface area contributed by atoms with Crippen LogP contribution in [-0.4, -0.2) is 17.5 Å². The van der Waals surface area contributed by atoms with Gasteiger partial charge in [0.05, 0.1) is 0 Å². The second kappa shape index (κ2) is 8.57. The summed E-state index contributed by atoms with van der Waals surface area (Å²) in [5, 5.41) is 3.93. The minimum atomic E-state index is 0.00272. The molecule has 0 N–H and O–H groups in total. The van der Waals surface area contributed by atoms with Crippen LogP contribution in [0.1, 0.15) is 26.7 Å². The lowest BCUT2D eigenvalue weighted by Gasteiger charge is -2.23. The van der Waals surface area contributed by atoms with Gasteiger partial charge in [-0.15, -0.1) is 30.1 Å². The molecule has 2 atom stereocenters. The van der Waals surface area contributed by atoms with Crippen LogP contribution < -0.4 is 0 Å². The molecule has 18 heavy (non-hydrogen) atoms. The van der Waals surface area contributed by atoms with Gasteiger partial charge >= 0.3 is 0 Å². The van der Waals surface area contributed by atoms with Crippen molar-refractivity contribution in [3.05, 3.63) is 33.4 Å². The summed E-state index contributed by atoms with van der Waals surface area (Å²) in [4.78, 5) is 2.97. The van der Waals surface area contributed by atoms with Gasteiger partial charge in [0.1, 0.15) is 0 Å². The van der Waals surface area contributed by atoms with Gasteiger partial charge in [0.2, 0.25) is 0 Å². The zero-order valence-corrected chi connectivity index (χ0v) is 12.7. The summed E-state index contributed by atoms with van der Waals surface area (Å²) in [5.74, 6) is 3.02. The molecular formula is C13H21N3S2. The van der Waals surface area contributed by atoms with E-state index in [1.807, 2.05) is 29.6 Å². The van der Waals surface area contributed by atoms with Crippen molar-refractivity contribution >= 4 is 23.5 Å². The zero-order chi connectivity index (χ0) is 13.4. The fraction of sp³-hybridized carbons (Fsp3) is 0.692. The molecule has 2 unspecified atom stereocenters. The van der Waals surface area contributed by atoms with Crippen molar-refractivity contribution in [2.45, 2.75) is 32.7 Å². The molecule has 0 radical (unpaired) electrons. The number of azide groups is 1. The highest BCUT2D eigenvalue weighted by atomic mass is 32.2. The van der Waals surface area contributed by atoms with Crippen molar-refractivity contribution in [2.24, 2.45) is 17.0 Å². The Bertz CT molecular complexity index is 338. The monoisotopic (exact) mass is 283 g/mol. The Balaban J connectivity index is 2.64. The molecule has 0 bridgehead atoms. The number of rotatable bonds is 6. The van der Waals surface area contributed by atoms with Crippen molar-refractivity contribution in [1.29, 1.82) is 0 Å². The molecule has 1 fully saturated rings. The normalized spacial score (nSPS) is 18.9. The summed E-state index contributed by atoms with van der Waals surface area (Å²) in [6.07, 6.45) is 6.42. The van der Waals surface area contributed by atoms with E-state index in [0.29, 0.717) is 5.92 Å². The largest absolute Gasteiger partial charge is 0.120 e. The third kappa shape index (κ3) is 5.01. The van der Waals surface area contributed by atoms with Crippen molar-refractivity contribution in [2.75, 3.05) is 11.5 Å². The molecule has 3 nitrogen and oxygen atoms in total. The van der Waals surface area contributed by atoms with Crippen LogP contribution >= 0.6 is 23.5 Å². The molecule has 0 aromatic heterocycles. The van der Waals surface area contributed by atoms with E-state index in [9.17, 15) is 0 Å². The number of hydrogen-bond acceptors (Lipinski definition) is 3. The maximum atomic E-state index is 8.65. The Labute approximate surface area is 118 Å². The van der Waals surface area contributed by atoms with Crippen LogP contribution in [0.15, 0.2) is 28.1 Å². The van der Waals surface area contributed by atoms with E-state index in [2.05, 4.69) is 36.5 Å². The van der Waals surface area contributed by atoms with Crippen LogP contribution in [0.2, 0.25) is 0 Å². The highest BCUT2D eigenvalue weighted by molar-refractivity contribution is 8.22. The van der Waals surface area contributed by atoms with E-state index in [4.69, 9.17) is 5.53 Å². The summed E-state index contributed by atoms with van der Waals surface area (Å²) in [5.41, 5.74) is 8.65. The lowest BCUT2D eigenvalue weighted by molar-refractivity contribution is 0.395. The van der Waals surface area contributed by atoms with Crippen LogP contribution in [-0.2, 0) is 0 Å². The first-order chi connectivity index (χ1) is 8.69. The summed E-state index contributed by atoms with van der Waals surface area (Å²) in [6.45, 7) is 8.06. The number of thioether (sulfide) groups is 2. The zero-order valence-electron chi connectivity index (χ0n) is 11.1. The molecule has 0 aromatic rings. The molecule has 1 aliphatic heterocycles. The first kappa shape index (κ1) is 15.5. The van der Waals surface area contributed by atoms with Crippen molar-refractivity contribution in [3.63, 3.8) is 0 Å². The van der Waals surface area contributed by atoms with E-state index in [-0.39, 0.29) is 12.0 Å². The smallest absolute Gasteiger partial charge is 0.0462 e. The van der Waals surface area contributed by atoms with Gasteiger partial charge < -0.3 is 0 Å². The summed E-state index contributed by atoms with van der Waals surface area (Å²) in [6, 6.07) is 0.00272. The van der Waals surface area contributed by atoms with Gasteiger partial charge in [-0.1, -0.05) is 31.1 Å². The fourth-order valence-electron chi connectivity index (χ4n) is 1.94. The van der Waals surface area contributed by atoms with Crippen LogP contribution in [0, 0.1) is 11.8 Å². The van der Waals surface area contributed by atoms with E-state index in [0.717, 1.165) is 6.42 Å². The SMILES string of the molecule is C=CC(CC=C1SCCCS1)C(N=[N+]=[N-])C(C)C. The maximum absolute atomic E-state index is 8.65. The van der Waals surface area contributed by atoms with Crippen LogP contribution in [0.5, 0.6) is 0 Å². The van der Waals surface area contributed by atoms with Gasteiger partial charge in [0.25, 0.3) is 0 Å². The van der Waals surface area contributed by atoms with Gasteiger partial charge in [-0.3, -0.25) is 0 Å². The van der Waals surface area contributed by atoms with Crippen LogP contribution in [0.3, 0.4) is 0 Å². The Hall–Kier alpha value is -0.510. The molecule has 100 valence electrons. The van der Waals surface area contributed by atoms with E-state index in [1.165, 1.54) is 22.2 Å². The Kier molecular flexibility index (Phi) is 7.40. The lowest BCUT2D eigenvalue weighted by atomic mass is 9.89. The second-order valence-electron chi connectivity index (χ2n) is 4.65. The average Bonchev–Trinajstić information content (AvgIpc) is 2.39. The number of hydrogen-bond donors (Lipinski definition) is 0. The maximum Gasteiger partial charge on any atom is 0.0462 e. The first-order valence-electron chi connectivity index (χ1n) is 6.31. The first-order valence-corrected chi connectivity index (χ1v) is 8.28. The molecule has 1 saturated heterocycles. The number of nitrogens with zero attached hydrogens (tertiary/aromatic N) is 3. The highest BCUT2D eigenvalue weighted by Crippen LogP contribution is 2.35. The molecular weight excluding hydrogens is 262 g/mol. The Morgan fingerprint density at radius 2 is 2.11 bits per heavy atom. The number of allylic oxidation sites excluding steroid dienone is 1. The summed E-state index contributed by atoms with van der Waals surface area (Å²) in [7, 11) is 0. The molecule has 0 amide bonds. The minimum absolute atomic E-state index is 0.00272. The average molecular weight is 283 g/mol. The minimum Gasteiger partial charge on any atom is -0.120 e. The van der Waals surface area contributed by atoms with Gasteiger partial charge in [0.15, 0.2) is 0 Å². The third-order valence-corrected chi connectivity index (χ3v) is 5.54. The second-order valence-corrected chi connectivity index (χ2v) is 7.18. The van der Waals surface area contributed by atoms with Gasteiger partial charge in [0, 0.05) is 15.2 Å². The van der Waals surface area contributed by atoms with E-state index >= 15 is 0 Å². The van der Waals surface area contributed by atoms with Gasteiger partial charge in [-0.2, -0.15) is 0 Å². The quantitative estimate of drug-likeness (QED) is 0.290. The molecule has 1 aliphatic rings. The predicted molar refractivity (Wildman–Crippen MR) is 83.7 cm³/mol. The molecule has 0 saturated carbocycles. The molecule has 1 heterocycles. The van der Waals surface area contributed by atoms with Crippen molar-refractivity contribution in [3.8, 4) is 0 Å². The van der Waals surface area contributed by atoms with Crippen molar-refractivity contribution in [1.82, 2.24) is 0 Å². The standard InChI is InChI=1S/C13H21N3S2/c1-4-11(13(10(2)3)15-16-14)6-7-12-17-8-5-9-18-12/h4,7,10-11,13H,1,5-6,8-9H2,2-3H3. The van der Waals surface area contributed by atoms with E-state index < -0.39 is 0 Å². The Morgan fingerprint density at radius 3 is 2.61 bits per heavy atom. The molecule has 1 rings (SSSR count). The topological polar surface area (TPSA) is 48.8 Å². The van der Waals surface area contributed by atoms with Crippen molar-refractivity contribution < 1.29 is 0 Å². The molecule has 0 aliphatic carbocycles. The molecule has 0 aromatic carbocycles. The van der Waals surface area contributed by atoms with Gasteiger partial charge in [-0.05, 0) is 41.7 Å². The molecule has 0 spiro atoms. The lowest BCUT2D eigenvalue weighted by Crippen LogP contribution is -2.21. The molecule has 5 heteroatoms. The third-order valence-electron chi connectivity index (χ3n) is 2.94. The Morgan fingerprint density at radius 1 is 1.44 bits per heavy atom. The van der Waals surface area contributed by atoms with Crippen LogP contribution in [0.4, 0.5) is 0 Å². The van der Waals surface area contributed by atoms with Crippen LogP contribution in [0.25, 0.3) is 10.4 Å². The summed E-state index contributed by atoms with van der Waals surface area (Å²) >= 11 is 3.87. The van der Waals surface area contributed by atoms with E-state index in [1.54, 1.807) is 0 Å².